The molecule has 4 N–H and O–H groups in total. The molecule has 0 saturated carbocycles. The number of ether oxygens (including phenoxy) is 2. The Kier molecular flexibility index (Phi) is 5.99. The molecule has 0 fully saturated rings. The van der Waals surface area contributed by atoms with E-state index in [0.29, 0.717) is 16.5 Å². The van der Waals surface area contributed by atoms with Crippen molar-refractivity contribution < 1.29 is 29.0 Å². The van der Waals surface area contributed by atoms with Gasteiger partial charge in [-0.3, -0.25) is 4.90 Å². The summed E-state index contributed by atoms with van der Waals surface area (Å²) in [6.07, 6.45) is 0. The summed E-state index contributed by atoms with van der Waals surface area (Å²) in [5, 5.41) is 19.9. The van der Waals surface area contributed by atoms with Crippen molar-refractivity contribution in [2.24, 2.45) is 5.73 Å². The van der Waals surface area contributed by atoms with Crippen molar-refractivity contribution in [1.82, 2.24) is 4.98 Å². The molecule has 1 unspecified atom stereocenters. The summed E-state index contributed by atoms with van der Waals surface area (Å²) in [4.78, 5) is 41.8. The molecule has 0 amide bonds. The number of nitrogens with zero attached hydrogens (tertiary/aromatic N) is 2. The molecule has 2 aromatic carbocycles. The predicted octanol–water partition coefficient (Wildman–Crippen LogP) is 2.76. The lowest BCUT2D eigenvalue weighted by Crippen LogP contribution is -2.40. The number of aromatic carboxylic acids is 1. The number of carboxylic acids is 1. The largest absolute Gasteiger partial charge is 0.477 e. The molecule has 0 spiro atoms. The number of fused-ring (bicyclic) bond motifs is 1. The van der Waals surface area contributed by atoms with Crippen LogP contribution < -0.4 is 10.6 Å². The number of allylic oxidation sites excluding steroid dienone is 1. The van der Waals surface area contributed by atoms with Crippen molar-refractivity contribution in [3.63, 3.8) is 0 Å². The Balaban J connectivity index is 2.11. The lowest BCUT2D eigenvalue weighted by atomic mass is 9.81. The minimum absolute atomic E-state index is 0.00949. The van der Waals surface area contributed by atoms with Crippen molar-refractivity contribution in [2.75, 3.05) is 19.1 Å². The molecule has 0 radical (unpaired) electrons. The Morgan fingerprint density at radius 1 is 1.06 bits per heavy atom. The van der Waals surface area contributed by atoms with E-state index in [4.69, 9.17) is 15.2 Å². The molecule has 0 bridgehead atoms. The van der Waals surface area contributed by atoms with Gasteiger partial charge in [-0.2, -0.15) is 5.26 Å². The molecule has 3 aromatic rings. The van der Waals surface area contributed by atoms with Gasteiger partial charge >= 0.3 is 17.9 Å². The van der Waals surface area contributed by atoms with E-state index in [9.17, 15) is 24.8 Å². The monoisotopic (exact) mass is 472 g/mol. The Labute approximate surface area is 199 Å². The number of carboxylic acid groups (broad SMARTS) is 1. The molecule has 1 aliphatic rings. The highest BCUT2D eigenvalue weighted by atomic mass is 16.5. The normalized spacial score (nSPS) is 15.7. The third-order valence-corrected chi connectivity index (χ3v) is 5.72. The predicted molar refractivity (Wildman–Crippen MR) is 125 cm³/mol. The van der Waals surface area contributed by atoms with Crippen molar-refractivity contribution >= 4 is 34.5 Å². The van der Waals surface area contributed by atoms with E-state index < -0.39 is 23.8 Å². The molecule has 1 aromatic heterocycles. The number of benzene rings is 2. The number of nitrogens with two attached hydrogens (primary N) is 1. The summed E-state index contributed by atoms with van der Waals surface area (Å²) in [5.74, 6) is -4.04. The first-order valence-corrected chi connectivity index (χ1v) is 10.3. The van der Waals surface area contributed by atoms with Gasteiger partial charge in [-0.15, -0.1) is 0 Å². The van der Waals surface area contributed by atoms with E-state index in [0.717, 1.165) is 14.2 Å². The topological polar surface area (TPSA) is 159 Å². The molecule has 1 atom stereocenters. The second-order valence-corrected chi connectivity index (χ2v) is 7.56. The van der Waals surface area contributed by atoms with Gasteiger partial charge in [0.05, 0.1) is 43.0 Å². The highest BCUT2D eigenvalue weighted by molar-refractivity contribution is 6.09. The van der Waals surface area contributed by atoms with Crippen LogP contribution in [-0.2, 0) is 19.1 Å². The molecule has 35 heavy (non-hydrogen) atoms. The van der Waals surface area contributed by atoms with Gasteiger partial charge in [0.15, 0.2) is 0 Å². The number of carbonyl (C=O) groups is 3. The van der Waals surface area contributed by atoms with Crippen molar-refractivity contribution in [3.05, 3.63) is 88.5 Å². The second-order valence-electron chi connectivity index (χ2n) is 7.56. The number of nitrogens with one attached hydrogen (secondary N) is 1. The number of rotatable bonds is 5. The van der Waals surface area contributed by atoms with Crippen LogP contribution in [0.15, 0.2) is 77.3 Å². The zero-order valence-electron chi connectivity index (χ0n) is 18.7. The van der Waals surface area contributed by atoms with Gasteiger partial charge in [0.1, 0.15) is 17.2 Å². The van der Waals surface area contributed by atoms with Crippen LogP contribution in [0.3, 0.4) is 0 Å². The first-order chi connectivity index (χ1) is 16.8. The number of hydrogen-bond acceptors (Lipinski definition) is 8. The molecule has 1 aliphatic heterocycles. The van der Waals surface area contributed by atoms with Crippen LogP contribution in [-0.4, -0.2) is 42.2 Å². The summed E-state index contributed by atoms with van der Waals surface area (Å²) in [6.45, 7) is 0. The van der Waals surface area contributed by atoms with Gasteiger partial charge in [-0.25, -0.2) is 14.4 Å². The third-order valence-electron chi connectivity index (χ3n) is 5.72. The highest BCUT2D eigenvalue weighted by Gasteiger charge is 2.43. The Bertz CT molecular complexity index is 1460. The maximum Gasteiger partial charge on any atom is 0.355 e. The van der Waals surface area contributed by atoms with Crippen molar-refractivity contribution in [1.29, 1.82) is 5.26 Å². The summed E-state index contributed by atoms with van der Waals surface area (Å²) >= 11 is 0. The summed E-state index contributed by atoms with van der Waals surface area (Å²) in [6, 6.07) is 16.9. The number of nitriles is 1. The summed E-state index contributed by atoms with van der Waals surface area (Å²) in [5.41, 5.74) is 7.30. The van der Waals surface area contributed by atoms with Gasteiger partial charge < -0.3 is 25.3 Å². The van der Waals surface area contributed by atoms with Gasteiger partial charge in [0.25, 0.3) is 0 Å². The number of hydrogen-bond donors (Lipinski definition) is 3. The average molecular weight is 472 g/mol. The average Bonchev–Trinajstić information content (AvgIpc) is 3.33. The minimum atomic E-state index is -1.19. The van der Waals surface area contributed by atoms with E-state index in [1.807, 2.05) is 0 Å². The van der Waals surface area contributed by atoms with Crippen molar-refractivity contribution in [2.45, 2.75) is 5.92 Å². The van der Waals surface area contributed by atoms with E-state index in [2.05, 4.69) is 11.1 Å². The van der Waals surface area contributed by atoms with Gasteiger partial charge in [0.2, 0.25) is 0 Å². The molecule has 10 nitrogen and oxygen atoms in total. The second kappa shape index (κ2) is 9.07. The standard InChI is InChI=1S/C25H20N4O6/c1-34-24(32)20-19(13-7-4-3-5-8-13)15(12-26)22(27)29(21(20)25(33)35-2)18-10-6-9-16-14(18)11-17(28-16)23(30)31/h3-11,19,28H,27H2,1-2H3,(H,30,31). The fourth-order valence-corrected chi connectivity index (χ4v) is 4.21. The molecule has 10 heteroatoms. The van der Waals surface area contributed by atoms with Crippen LogP contribution in [0.1, 0.15) is 22.0 Å². The van der Waals surface area contributed by atoms with E-state index >= 15 is 0 Å². The molecule has 4 rings (SSSR count). The Morgan fingerprint density at radius 3 is 2.34 bits per heavy atom. The molecule has 176 valence electrons. The molecular formula is C25H20N4O6. The number of aromatic amines is 1. The maximum absolute atomic E-state index is 13.2. The van der Waals surface area contributed by atoms with Crippen LogP contribution in [0.25, 0.3) is 10.9 Å². The smallest absolute Gasteiger partial charge is 0.355 e. The highest BCUT2D eigenvalue weighted by Crippen LogP contribution is 2.44. The first-order valence-electron chi connectivity index (χ1n) is 10.3. The van der Waals surface area contributed by atoms with E-state index in [1.54, 1.807) is 48.5 Å². The number of anilines is 1. The van der Waals surface area contributed by atoms with Crippen LogP contribution in [0.4, 0.5) is 5.69 Å². The van der Waals surface area contributed by atoms with Crippen LogP contribution in [0, 0.1) is 11.3 Å². The van der Waals surface area contributed by atoms with Crippen molar-refractivity contribution in [3.8, 4) is 6.07 Å². The number of esters is 2. The zero-order chi connectivity index (χ0) is 25.3. The zero-order valence-corrected chi connectivity index (χ0v) is 18.7. The summed E-state index contributed by atoms with van der Waals surface area (Å²) in [7, 11) is 2.31. The van der Waals surface area contributed by atoms with Gasteiger partial charge in [0, 0.05) is 10.9 Å². The number of carbonyl (C=O) groups excluding carboxylic acids is 2. The van der Waals surface area contributed by atoms with Crippen LogP contribution >= 0.6 is 0 Å². The molecule has 2 heterocycles. The minimum Gasteiger partial charge on any atom is -0.477 e. The summed E-state index contributed by atoms with van der Waals surface area (Å²) < 4.78 is 10.0. The maximum atomic E-state index is 13.2. The number of methoxy groups -OCH3 is 2. The molecular weight excluding hydrogens is 452 g/mol. The van der Waals surface area contributed by atoms with Crippen LogP contribution in [0.5, 0.6) is 0 Å². The Morgan fingerprint density at radius 2 is 1.74 bits per heavy atom. The Hall–Kier alpha value is -5.04. The van der Waals surface area contributed by atoms with E-state index in [1.165, 1.54) is 11.0 Å². The van der Waals surface area contributed by atoms with Gasteiger partial charge in [-0.1, -0.05) is 36.4 Å². The number of aromatic nitrogens is 1. The lowest BCUT2D eigenvalue weighted by Gasteiger charge is -2.36. The fraction of sp³-hybridized carbons (Fsp3) is 0.120. The first kappa shape index (κ1) is 23.1. The quantitative estimate of drug-likeness (QED) is 0.475. The fourth-order valence-electron chi connectivity index (χ4n) is 4.21. The molecule has 0 aliphatic carbocycles. The van der Waals surface area contributed by atoms with E-state index in [-0.39, 0.29) is 34.0 Å². The van der Waals surface area contributed by atoms with Gasteiger partial charge in [-0.05, 0) is 23.8 Å². The SMILES string of the molecule is COC(=O)C1=C(C(=O)OC)N(c2cccc3[nH]c(C(=O)O)cc23)C(N)=C(C#N)C1c1ccccc1. The third kappa shape index (κ3) is 3.75. The number of H-pyrrole nitrogens is 1. The lowest BCUT2D eigenvalue weighted by molar-refractivity contribution is -0.139. The van der Waals surface area contributed by atoms with Crippen LogP contribution in [0.2, 0.25) is 0 Å². The molecule has 0 saturated heterocycles.